The van der Waals surface area contributed by atoms with Crippen molar-refractivity contribution in [1.82, 2.24) is 30.3 Å². The van der Waals surface area contributed by atoms with Gasteiger partial charge in [-0.1, -0.05) is 20.3 Å². The van der Waals surface area contributed by atoms with Crippen molar-refractivity contribution in [3.8, 4) is 0 Å². The lowest BCUT2D eigenvalue weighted by atomic mass is 10.0. The molecule has 1 saturated heterocycles. The lowest BCUT2D eigenvalue weighted by Crippen LogP contribution is -2.49. The van der Waals surface area contributed by atoms with E-state index in [2.05, 4.69) is 51.1 Å². The number of hydrogen-bond donors (Lipinski definition) is 2. The number of likely N-dealkylation sites (tertiary alicyclic amines) is 1. The van der Waals surface area contributed by atoms with Gasteiger partial charge in [0, 0.05) is 58.2 Å². The number of aryl methyl sites for hydroxylation is 2. The van der Waals surface area contributed by atoms with Crippen molar-refractivity contribution in [2.75, 3.05) is 32.7 Å². The van der Waals surface area contributed by atoms with Crippen LogP contribution in [0, 0.1) is 5.92 Å². The summed E-state index contributed by atoms with van der Waals surface area (Å²) in [6.07, 6.45) is 9.26. The Morgan fingerprint density at radius 2 is 1.97 bits per heavy atom. The molecule has 0 radical (unpaired) electrons. The van der Waals surface area contributed by atoms with Gasteiger partial charge in [-0.25, -0.2) is 0 Å². The van der Waals surface area contributed by atoms with Crippen molar-refractivity contribution < 1.29 is 0 Å². The molecule has 3 rings (SSSR count). The summed E-state index contributed by atoms with van der Waals surface area (Å²) in [6, 6.07) is 0.531. The van der Waals surface area contributed by atoms with Crippen LogP contribution in [0.15, 0.2) is 4.99 Å². The van der Waals surface area contributed by atoms with Gasteiger partial charge in [-0.05, 0) is 44.9 Å². The molecule has 0 atom stereocenters. The Labute approximate surface area is 176 Å². The number of guanidine groups is 1. The number of hydrogen-bond acceptors (Lipinski definition) is 4. The van der Waals surface area contributed by atoms with Crippen LogP contribution < -0.4 is 10.6 Å². The van der Waals surface area contributed by atoms with Crippen LogP contribution in [-0.4, -0.2) is 64.4 Å². The van der Waals surface area contributed by atoms with Crippen LogP contribution in [0.25, 0.3) is 0 Å². The van der Waals surface area contributed by atoms with E-state index in [1.165, 1.54) is 57.6 Å². The van der Waals surface area contributed by atoms with Crippen LogP contribution in [0.5, 0.6) is 0 Å². The number of rotatable bonds is 8. The molecular weight excluding hydrogens is 362 g/mol. The molecule has 0 aromatic carbocycles. The van der Waals surface area contributed by atoms with Gasteiger partial charge in [-0.15, -0.1) is 10.2 Å². The maximum Gasteiger partial charge on any atom is 0.191 e. The number of aliphatic imine (C=N–C) groups is 1. The molecule has 1 fully saturated rings. The van der Waals surface area contributed by atoms with Gasteiger partial charge in [-0.3, -0.25) is 4.99 Å². The minimum absolute atomic E-state index is 0.531. The quantitative estimate of drug-likeness (QED) is 0.397. The third kappa shape index (κ3) is 6.98. The zero-order valence-electron chi connectivity index (χ0n) is 18.8. The molecule has 2 aliphatic rings. The van der Waals surface area contributed by atoms with Crippen molar-refractivity contribution >= 4 is 5.96 Å². The first-order valence-electron chi connectivity index (χ1n) is 11.8. The van der Waals surface area contributed by atoms with Gasteiger partial charge in [0.2, 0.25) is 0 Å². The van der Waals surface area contributed by atoms with Gasteiger partial charge in [-0.2, -0.15) is 0 Å². The van der Waals surface area contributed by atoms with E-state index in [-0.39, 0.29) is 0 Å². The first-order chi connectivity index (χ1) is 14.2. The highest BCUT2D eigenvalue weighted by Gasteiger charge is 2.20. The van der Waals surface area contributed by atoms with Crippen molar-refractivity contribution in [2.24, 2.45) is 10.9 Å². The van der Waals surface area contributed by atoms with Gasteiger partial charge in [0.25, 0.3) is 0 Å². The Kier molecular flexibility index (Phi) is 8.77. The number of aromatic nitrogens is 3. The molecule has 0 saturated carbocycles. The molecule has 0 aliphatic carbocycles. The first-order valence-corrected chi connectivity index (χ1v) is 11.8. The van der Waals surface area contributed by atoms with Gasteiger partial charge >= 0.3 is 0 Å². The summed E-state index contributed by atoms with van der Waals surface area (Å²) >= 11 is 0. The Morgan fingerprint density at radius 1 is 1.14 bits per heavy atom. The van der Waals surface area contributed by atoms with E-state index in [1.54, 1.807) is 0 Å². The van der Waals surface area contributed by atoms with Crippen LogP contribution in [0.2, 0.25) is 0 Å². The highest BCUT2D eigenvalue weighted by Crippen LogP contribution is 2.15. The number of fused-ring (bicyclic) bond motifs is 1. The SMILES string of the molecule is CCNC(=NCCCc1nnc2n1CCCCC2)NC1CCN(CC(C)C)CC1. The van der Waals surface area contributed by atoms with Crippen LogP contribution in [0.1, 0.15) is 70.9 Å². The van der Waals surface area contributed by atoms with Gasteiger partial charge < -0.3 is 20.1 Å². The summed E-state index contributed by atoms with van der Waals surface area (Å²) in [5, 5.41) is 15.9. The summed E-state index contributed by atoms with van der Waals surface area (Å²) < 4.78 is 2.35. The van der Waals surface area contributed by atoms with E-state index < -0.39 is 0 Å². The molecular formula is C22H41N7. The molecule has 1 aromatic rings. The Morgan fingerprint density at radius 3 is 2.72 bits per heavy atom. The lowest BCUT2D eigenvalue weighted by molar-refractivity contribution is 0.187. The van der Waals surface area contributed by atoms with Crippen molar-refractivity contribution in [3.05, 3.63) is 11.6 Å². The van der Waals surface area contributed by atoms with Crippen molar-refractivity contribution in [3.63, 3.8) is 0 Å². The maximum atomic E-state index is 4.83. The molecule has 3 heterocycles. The first kappa shape index (κ1) is 22.1. The van der Waals surface area contributed by atoms with Crippen LogP contribution >= 0.6 is 0 Å². The van der Waals surface area contributed by atoms with Crippen molar-refractivity contribution in [2.45, 2.75) is 84.7 Å². The predicted octanol–water partition coefficient (Wildman–Crippen LogP) is 2.61. The van der Waals surface area contributed by atoms with Crippen LogP contribution in [-0.2, 0) is 19.4 Å². The fourth-order valence-electron chi connectivity index (χ4n) is 4.45. The second kappa shape index (κ2) is 11.5. The molecule has 0 spiro atoms. The van der Waals surface area contributed by atoms with E-state index in [0.717, 1.165) is 56.6 Å². The van der Waals surface area contributed by atoms with Crippen molar-refractivity contribution in [1.29, 1.82) is 0 Å². The van der Waals surface area contributed by atoms with Crippen LogP contribution in [0.4, 0.5) is 0 Å². The van der Waals surface area contributed by atoms with Crippen LogP contribution in [0.3, 0.4) is 0 Å². The third-order valence-corrected chi connectivity index (χ3v) is 5.91. The summed E-state index contributed by atoms with van der Waals surface area (Å²) in [4.78, 5) is 7.42. The monoisotopic (exact) mass is 403 g/mol. The standard InChI is InChI=1S/C22H41N7/c1-4-23-22(25-19-11-15-28(16-12-19)17-18(2)3)24-13-8-10-21-27-26-20-9-6-5-7-14-29(20)21/h18-19H,4-17H2,1-3H3,(H2,23,24,25). The molecule has 0 bridgehead atoms. The highest BCUT2D eigenvalue weighted by molar-refractivity contribution is 5.80. The van der Waals surface area contributed by atoms with E-state index in [4.69, 9.17) is 4.99 Å². The molecule has 7 nitrogen and oxygen atoms in total. The second-order valence-electron chi connectivity index (χ2n) is 8.97. The van der Waals surface area contributed by atoms with Gasteiger partial charge in [0.15, 0.2) is 5.96 Å². The molecule has 2 N–H and O–H groups in total. The third-order valence-electron chi connectivity index (χ3n) is 5.91. The number of nitrogens with zero attached hydrogens (tertiary/aromatic N) is 5. The molecule has 29 heavy (non-hydrogen) atoms. The fourth-order valence-corrected chi connectivity index (χ4v) is 4.45. The fraction of sp³-hybridized carbons (Fsp3) is 0.864. The predicted molar refractivity (Wildman–Crippen MR) is 119 cm³/mol. The van der Waals surface area contributed by atoms with Gasteiger partial charge in [0.1, 0.15) is 11.6 Å². The van der Waals surface area contributed by atoms with E-state index in [1.807, 2.05) is 0 Å². The van der Waals surface area contributed by atoms with E-state index in [0.29, 0.717) is 6.04 Å². The molecule has 1 aromatic heterocycles. The zero-order chi connectivity index (χ0) is 20.5. The maximum absolute atomic E-state index is 4.83. The molecule has 164 valence electrons. The molecule has 0 unspecified atom stereocenters. The van der Waals surface area contributed by atoms with Gasteiger partial charge in [0.05, 0.1) is 0 Å². The Bertz CT molecular complexity index is 629. The lowest BCUT2D eigenvalue weighted by Gasteiger charge is -2.34. The summed E-state index contributed by atoms with van der Waals surface area (Å²) in [6.45, 7) is 13.1. The highest BCUT2D eigenvalue weighted by atomic mass is 15.3. The second-order valence-corrected chi connectivity index (χ2v) is 8.97. The average Bonchev–Trinajstić information content (AvgIpc) is 2.92. The number of nitrogens with one attached hydrogen (secondary N) is 2. The minimum Gasteiger partial charge on any atom is -0.357 e. The Balaban J connectivity index is 1.43. The number of piperidine rings is 1. The molecule has 2 aliphatic heterocycles. The largest absolute Gasteiger partial charge is 0.357 e. The summed E-state index contributed by atoms with van der Waals surface area (Å²) in [5.41, 5.74) is 0. The van der Waals surface area contributed by atoms with E-state index in [9.17, 15) is 0 Å². The Hall–Kier alpha value is -1.63. The molecule has 0 amide bonds. The smallest absolute Gasteiger partial charge is 0.191 e. The van der Waals surface area contributed by atoms with E-state index >= 15 is 0 Å². The minimum atomic E-state index is 0.531. The topological polar surface area (TPSA) is 70.4 Å². The zero-order valence-corrected chi connectivity index (χ0v) is 18.8. The molecule has 7 heteroatoms. The summed E-state index contributed by atoms with van der Waals surface area (Å²) in [5.74, 6) is 4.04. The normalized spacial score (nSPS) is 19.2. The summed E-state index contributed by atoms with van der Waals surface area (Å²) in [7, 11) is 0. The average molecular weight is 404 g/mol.